The molecule has 4 rings (SSSR count). The lowest BCUT2D eigenvalue weighted by atomic mass is 10.1. The Morgan fingerprint density at radius 3 is 2.10 bits per heavy atom. The van der Waals surface area contributed by atoms with Crippen molar-refractivity contribution >= 4 is 35.0 Å². The molecule has 0 amide bonds. The lowest BCUT2D eigenvalue weighted by Gasteiger charge is -2.10. The molecule has 0 unspecified atom stereocenters. The van der Waals surface area contributed by atoms with Crippen LogP contribution in [-0.2, 0) is 12.8 Å². The van der Waals surface area contributed by atoms with E-state index in [1.54, 1.807) is 17.8 Å². The summed E-state index contributed by atoms with van der Waals surface area (Å²) in [6.07, 6.45) is 1.88. The Morgan fingerprint density at radius 2 is 1.45 bits per heavy atom. The van der Waals surface area contributed by atoms with Gasteiger partial charge in [0.15, 0.2) is 0 Å². The van der Waals surface area contributed by atoms with Gasteiger partial charge in [-0.1, -0.05) is 83.5 Å². The molecule has 1 heterocycles. The smallest absolute Gasteiger partial charge is 0.108 e. The van der Waals surface area contributed by atoms with Gasteiger partial charge in [0.05, 0.1) is 11.4 Å². The third-order valence-electron chi connectivity index (χ3n) is 4.70. The van der Waals surface area contributed by atoms with Gasteiger partial charge in [0, 0.05) is 20.5 Å². The largest absolute Gasteiger partial charge is 0.226 e. The molecule has 3 aromatic carbocycles. The fourth-order valence-corrected chi connectivity index (χ4v) is 5.14. The van der Waals surface area contributed by atoms with E-state index in [1.807, 2.05) is 41.1 Å². The second-order valence-corrected chi connectivity index (χ2v) is 8.74. The number of nitrogens with zero attached hydrogens (tertiary/aromatic N) is 2. The van der Waals surface area contributed by atoms with Gasteiger partial charge in [0.1, 0.15) is 5.03 Å². The van der Waals surface area contributed by atoms with Crippen LogP contribution in [0.5, 0.6) is 0 Å². The second-order valence-electron chi connectivity index (χ2n) is 6.81. The quantitative estimate of drug-likeness (QED) is 0.311. The molecule has 1 aromatic heterocycles. The molecule has 0 bridgehead atoms. The number of benzene rings is 3. The molecule has 29 heavy (non-hydrogen) atoms. The van der Waals surface area contributed by atoms with Gasteiger partial charge in [0.2, 0.25) is 0 Å². The molecule has 0 atom stereocenters. The molecule has 4 aromatic rings. The van der Waals surface area contributed by atoms with Gasteiger partial charge in [0.25, 0.3) is 0 Å². The van der Waals surface area contributed by atoms with E-state index in [4.69, 9.17) is 28.3 Å². The van der Waals surface area contributed by atoms with Crippen molar-refractivity contribution in [1.82, 2.24) is 9.78 Å². The van der Waals surface area contributed by atoms with Crippen molar-refractivity contribution < 1.29 is 0 Å². The van der Waals surface area contributed by atoms with Crippen molar-refractivity contribution in [2.24, 2.45) is 0 Å². The minimum absolute atomic E-state index is 0.633. The van der Waals surface area contributed by atoms with Crippen LogP contribution in [-0.4, -0.2) is 9.78 Å². The lowest BCUT2D eigenvalue weighted by molar-refractivity contribution is 0.786. The number of hydrogen-bond acceptors (Lipinski definition) is 2. The van der Waals surface area contributed by atoms with Gasteiger partial charge < -0.3 is 0 Å². The predicted molar refractivity (Wildman–Crippen MR) is 123 cm³/mol. The van der Waals surface area contributed by atoms with E-state index in [0.717, 1.165) is 34.1 Å². The van der Waals surface area contributed by atoms with Crippen LogP contribution in [0, 0.1) is 6.92 Å². The van der Waals surface area contributed by atoms with Gasteiger partial charge in [-0.15, -0.1) is 0 Å². The van der Waals surface area contributed by atoms with E-state index in [1.165, 1.54) is 11.1 Å². The molecule has 146 valence electrons. The van der Waals surface area contributed by atoms with Crippen LogP contribution in [0.1, 0.15) is 16.8 Å². The summed E-state index contributed by atoms with van der Waals surface area (Å²) in [7, 11) is 0. The zero-order valence-electron chi connectivity index (χ0n) is 16.0. The average molecular weight is 439 g/mol. The Morgan fingerprint density at radius 1 is 0.828 bits per heavy atom. The Balaban J connectivity index is 1.74. The van der Waals surface area contributed by atoms with Crippen LogP contribution in [0.15, 0.2) is 88.8 Å². The number of hydrogen-bond donors (Lipinski definition) is 0. The fourth-order valence-electron chi connectivity index (χ4n) is 3.29. The van der Waals surface area contributed by atoms with Crippen molar-refractivity contribution in [3.8, 4) is 5.69 Å². The highest BCUT2D eigenvalue weighted by Crippen LogP contribution is 2.37. The third-order valence-corrected chi connectivity index (χ3v) is 6.22. The van der Waals surface area contributed by atoms with Crippen molar-refractivity contribution in [3.05, 3.63) is 106 Å². The van der Waals surface area contributed by atoms with Crippen LogP contribution in [0.3, 0.4) is 0 Å². The fraction of sp³-hybridized carbons (Fsp3) is 0.125. The van der Waals surface area contributed by atoms with Gasteiger partial charge in [-0.2, -0.15) is 5.10 Å². The molecular formula is C24H20Cl2N2S. The van der Waals surface area contributed by atoms with Gasteiger partial charge >= 0.3 is 0 Å². The Hall–Kier alpha value is -2.20. The SMILES string of the molecule is Cc1nn(-c2ccccc2)c(Sc2cc(Cl)cc(Cl)c2)c1CCc1ccccc1. The molecule has 0 aliphatic rings. The number of aromatic nitrogens is 2. The van der Waals surface area contributed by atoms with Crippen LogP contribution < -0.4 is 0 Å². The Kier molecular flexibility index (Phi) is 6.29. The maximum atomic E-state index is 6.24. The molecule has 0 N–H and O–H groups in total. The van der Waals surface area contributed by atoms with Crippen molar-refractivity contribution in [2.75, 3.05) is 0 Å². The van der Waals surface area contributed by atoms with E-state index in [2.05, 4.69) is 43.3 Å². The first kappa shape index (κ1) is 20.1. The minimum atomic E-state index is 0.633. The number of halogens is 2. The van der Waals surface area contributed by atoms with Gasteiger partial charge in [-0.3, -0.25) is 0 Å². The van der Waals surface area contributed by atoms with Crippen LogP contribution in [0.25, 0.3) is 5.69 Å². The summed E-state index contributed by atoms with van der Waals surface area (Å²) in [5.41, 5.74) is 4.65. The summed E-state index contributed by atoms with van der Waals surface area (Å²) < 4.78 is 2.02. The molecule has 0 aliphatic carbocycles. The minimum Gasteiger partial charge on any atom is -0.226 e. The number of aryl methyl sites for hydroxylation is 2. The van der Waals surface area contributed by atoms with E-state index in [-0.39, 0.29) is 0 Å². The van der Waals surface area contributed by atoms with E-state index < -0.39 is 0 Å². The maximum Gasteiger partial charge on any atom is 0.108 e. The molecule has 2 nitrogen and oxygen atoms in total. The zero-order chi connectivity index (χ0) is 20.2. The lowest BCUT2D eigenvalue weighted by Crippen LogP contribution is -1.99. The summed E-state index contributed by atoms with van der Waals surface area (Å²) in [5, 5.41) is 7.23. The molecular weight excluding hydrogens is 419 g/mol. The average Bonchev–Trinajstić information content (AvgIpc) is 3.02. The van der Waals surface area contributed by atoms with Crippen molar-refractivity contribution in [3.63, 3.8) is 0 Å². The van der Waals surface area contributed by atoms with Crippen molar-refractivity contribution in [1.29, 1.82) is 0 Å². The van der Waals surface area contributed by atoms with Gasteiger partial charge in [-0.05, 0) is 55.7 Å². The molecule has 5 heteroatoms. The zero-order valence-corrected chi connectivity index (χ0v) is 18.3. The summed E-state index contributed by atoms with van der Waals surface area (Å²) >= 11 is 14.1. The van der Waals surface area contributed by atoms with Crippen LogP contribution >= 0.6 is 35.0 Å². The summed E-state index contributed by atoms with van der Waals surface area (Å²) in [5.74, 6) is 0. The van der Waals surface area contributed by atoms with E-state index in [0.29, 0.717) is 10.0 Å². The molecule has 0 saturated heterocycles. The third kappa shape index (κ3) is 4.87. The predicted octanol–water partition coefficient (Wildman–Crippen LogP) is 7.42. The first-order chi connectivity index (χ1) is 14.1. The Labute approximate surface area is 185 Å². The van der Waals surface area contributed by atoms with E-state index >= 15 is 0 Å². The molecule has 0 spiro atoms. The Bertz CT molecular complexity index is 1090. The first-order valence-corrected chi connectivity index (χ1v) is 11.0. The standard InChI is InChI=1S/C24H20Cl2N2S/c1-17-23(13-12-18-8-4-2-5-9-18)24(28(27-17)21-10-6-3-7-11-21)29-22-15-19(25)14-20(26)16-22/h2-11,14-16H,12-13H2,1H3. The first-order valence-electron chi connectivity index (χ1n) is 9.42. The summed E-state index contributed by atoms with van der Waals surface area (Å²) in [4.78, 5) is 1.00. The van der Waals surface area contributed by atoms with Crippen LogP contribution in [0.4, 0.5) is 0 Å². The topological polar surface area (TPSA) is 17.8 Å². The monoisotopic (exact) mass is 438 g/mol. The van der Waals surface area contributed by atoms with E-state index in [9.17, 15) is 0 Å². The highest BCUT2D eigenvalue weighted by molar-refractivity contribution is 7.99. The van der Waals surface area contributed by atoms with Crippen LogP contribution in [0.2, 0.25) is 10.0 Å². The highest BCUT2D eigenvalue weighted by Gasteiger charge is 2.18. The maximum absolute atomic E-state index is 6.24. The number of rotatable bonds is 6. The second kappa shape index (κ2) is 9.08. The summed E-state index contributed by atoms with van der Waals surface area (Å²) in [6.45, 7) is 2.08. The molecule has 0 radical (unpaired) electrons. The number of para-hydroxylation sites is 1. The molecule has 0 aliphatic heterocycles. The van der Waals surface area contributed by atoms with Crippen molar-refractivity contribution in [2.45, 2.75) is 29.7 Å². The molecule has 0 saturated carbocycles. The highest BCUT2D eigenvalue weighted by atomic mass is 35.5. The summed E-state index contributed by atoms with van der Waals surface area (Å²) in [6, 6.07) is 26.4. The normalized spacial score (nSPS) is 11.0. The molecule has 0 fully saturated rings. The van der Waals surface area contributed by atoms with Gasteiger partial charge in [-0.25, -0.2) is 4.68 Å².